The Morgan fingerprint density at radius 1 is 1.09 bits per heavy atom. The van der Waals surface area contributed by atoms with Crippen LogP contribution in [0.2, 0.25) is 0 Å². The molecule has 122 valence electrons. The third-order valence-corrected chi connectivity index (χ3v) is 4.29. The SMILES string of the molecule is CCC(C)c1ccccc1NC(=O)NCCc1ccccc1C. The predicted molar refractivity (Wildman–Crippen MR) is 97.1 cm³/mol. The minimum atomic E-state index is -0.144. The molecule has 2 N–H and O–H groups in total. The third-order valence-electron chi connectivity index (χ3n) is 4.29. The maximum atomic E-state index is 12.1. The number of anilines is 1. The molecule has 0 bridgehead atoms. The van der Waals surface area contributed by atoms with E-state index in [0.717, 1.165) is 18.5 Å². The lowest BCUT2D eigenvalue weighted by Gasteiger charge is -2.16. The molecule has 1 atom stereocenters. The number of para-hydroxylation sites is 1. The number of rotatable bonds is 6. The van der Waals surface area contributed by atoms with Crippen molar-refractivity contribution in [3.05, 3.63) is 65.2 Å². The highest BCUT2D eigenvalue weighted by Gasteiger charge is 2.10. The van der Waals surface area contributed by atoms with Gasteiger partial charge in [0, 0.05) is 12.2 Å². The van der Waals surface area contributed by atoms with Crippen molar-refractivity contribution in [3.63, 3.8) is 0 Å². The van der Waals surface area contributed by atoms with E-state index < -0.39 is 0 Å². The lowest BCUT2D eigenvalue weighted by Crippen LogP contribution is -2.31. The summed E-state index contributed by atoms with van der Waals surface area (Å²) in [5, 5.41) is 5.92. The smallest absolute Gasteiger partial charge is 0.319 e. The largest absolute Gasteiger partial charge is 0.338 e. The number of amides is 2. The van der Waals surface area contributed by atoms with Crippen molar-refractivity contribution in [1.82, 2.24) is 5.32 Å². The molecule has 23 heavy (non-hydrogen) atoms. The second-order valence-corrected chi connectivity index (χ2v) is 5.95. The van der Waals surface area contributed by atoms with E-state index in [9.17, 15) is 4.79 Å². The highest BCUT2D eigenvalue weighted by atomic mass is 16.2. The number of carbonyl (C=O) groups is 1. The molecule has 3 heteroatoms. The number of hydrogen-bond acceptors (Lipinski definition) is 1. The van der Waals surface area contributed by atoms with Gasteiger partial charge in [-0.3, -0.25) is 0 Å². The van der Waals surface area contributed by atoms with Crippen molar-refractivity contribution >= 4 is 11.7 Å². The first-order valence-corrected chi connectivity index (χ1v) is 8.30. The van der Waals surface area contributed by atoms with Gasteiger partial charge in [-0.05, 0) is 48.4 Å². The minimum absolute atomic E-state index is 0.144. The van der Waals surface area contributed by atoms with Gasteiger partial charge < -0.3 is 10.6 Å². The molecule has 2 amide bonds. The van der Waals surface area contributed by atoms with E-state index in [4.69, 9.17) is 0 Å². The average Bonchev–Trinajstić information content (AvgIpc) is 2.56. The molecule has 0 spiro atoms. The van der Waals surface area contributed by atoms with E-state index >= 15 is 0 Å². The van der Waals surface area contributed by atoms with Crippen molar-refractivity contribution in [3.8, 4) is 0 Å². The normalized spacial score (nSPS) is 11.8. The molecule has 0 heterocycles. The number of urea groups is 1. The zero-order valence-electron chi connectivity index (χ0n) is 14.2. The van der Waals surface area contributed by atoms with Crippen LogP contribution in [-0.4, -0.2) is 12.6 Å². The van der Waals surface area contributed by atoms with Crippen LogP contribution < -0.4 is 10.6 Å². The predicted octanol–water partition coefficient (Wildman–Crippen LogP) is 4.87. The first-order valence-electron chi connectivity index (χ1n) is 8.30. The summed E-state index contributed by atoms with van der Waals surface area (Å²) in [6, 6.07) is 16.1. The van der Waals surface area contributed by atoms with Gasteiger partial charge in [-0.2, -0.15) is 0 Å². The summed E-state index contributed by atoms with van der Waals surface area (Å²) in [7, 11) is 0. The Morgan fingerprint density at radius 2 is 1.78 bits per heavy atom. The molecule has 1 unspecified atom stereocenters. The fraction of sp³-hybridized carbons (Fsp3) is 0.350. The van der Waals surface area contributed by atoms with Crippen LogP contribution in [0.25, 0.3) is 0 Å². The van der Waals surface area contributed by atoms with Crippen molar-refractivity contribution in [2.24, 2.45) is 0 Å². The van der Waals surface area contributed by atoms with Gasteiger partial charge in [0.2, 0.25) is 0 Å². The standard InChI is InChI=1S/C20H26N2O/c1-4-15(2)18-11-7-8-12-19(18)22-20(23)21-14-13-17-10-6-5-9-16(17)3/h5-12,15H,4,13-14H2,1-3H3,(H2,21,22,23). The first kappa shape index (κ1) is 17.1. The molecule has 2 rings (SSSR count). The summed E-state index contributed by atoms with van der Waals surface area (Å²) in [5.74, 6) is 0.429. The molecule has 3 nitrogen and oxygen atoms in total. The summed E-state index contributed by atoms with van der Waals surface area (Å²) in [6.45, 7) is 7.06. The fourth-order valence-corrected chi connectivity index (χ4v) is 2.63. The van der Waals surface area contributed by atoms with Gasteiger partial charge in [0.25, 0.3) is 0 Å². The molecule has 0 aromatic heterocycles. The van der Waals surface area contributed by atoms with Gasteiger partial charge in [-0.25, -0.2) is 4.79 Å². The third kappa shape index (κ3) is 4.85. The zero-order chi connectivity index (χ0) is 16.7. The summed E-state index contributed by atoms with van der Waals surface area (Å²) < 4.78 is 0. The van der Waals surface area contributed by atoms with E-state index in [1.54, 1.807) is 0 Å². The lowest BCUT2D eigenvalue weighted by molar-refractivity contribution is 0.252. The van der Waals surface area contributed by atoms with Gasteiger partial charge in [-0.1, -0.05) is 56.3 Å². The van der Waals surface area contributed by atoms with Crippen LogP contribution in [0.15, 0.2) is 48.5 Å². The Morgan fingerprint density at radius 3 is 2.52 bits per heavy atom. The van der Waals surface area contributed by atoms with E-state index in [0.29, 0.717) is 12.5 Å². The maximum Gasteiger partial charge on any atom is 0.319 e. The molecule has 0 aliphatic carbocycles. The Balaban J connectivity index is 1.89. The van der Waals surface area contributed by atoms with Crippen LogP contribution in [0.3, 0.4) is 0 Å². The van der Waals surface area contributed by atoms with Crippen LogP contribution in [0.5, 0.6) is 0 Å². The first-order chi connectivity index (χ1) is 11.1. The van der Waals surface area contributed by atoms with Crippen molar-refractivity contribution in [2.75, 3.05) is 11.9 Å². The van der Waals surface area contributed by atoms with Gasteiger partial charge in [-0.15, -0.1) is 0 Å². The Kier molecular flexibility index (Phi) is 6.21. The second-order valence-electron chi connectivity index (χ2n) is 5.95. The van der Waals surface area contributed by atoms with Crippen molar-refractivity contribution in [2.45, 2.75) is 39.5 Å². The number of aryl methyl sites for hydroxylation is 1. The monoisotopic (exact) mass is 310 g/mol. The number of benzene rings is 2. The summed E-state index contributed by atoms with van der Waals surface area (Å²) in [5.41, 5.74) is 4.61. The number of carbonyl (C=O) groups excluding carboxylic acids is 1. The topological polar surface area (TPSA) is 41.1 Å². The highest BCUT2D eigenvalue weighted by molar-refractivity contribution is 5.90. The van der Waals surface area contributed by atoms with Crippen molar-refractivity contribution < 1.29 is 4.79 Å². The Labute approximate surface area is 139 Å². The average molecular weight is 310 g/mol. The van der Waals surface area contributed by atoms with Crippen LogP contribution in [0, 0.1) is 6.92 Å². The minimum Gasteiger partial charge on any atom is -0.338 e. The highest BCUT2D eigenvalue weighted by Crippen LogP contribution is 2.26. The van der Waals surface area contributed by atoms with Gasteiger partial charge in [0.1, 0.15) is 0 Å². The zero-order valence-corrected chi connectivity index (χ0v) is 14.2. The summed E-state index contributed by atoms with van der Waals surface area (Å²) >= 11 is 0. The van der Waals surface area contributed by atoms with E-state index in [1.165, 1.54) is 16.7 Å². The van der Waals surface area contributed by atoms with Crippen LogP contribution in [0.4, 0.5) is 10.5 Å². The summed E-state index contributed by atoms with van der Waals surface area (Å²) in [6.07, 6.45) is 1.89. The Bertz CT molecular complexity index is 652. The number of nitrogens with one attached hydrogen (secondary N) is 2. The Hall–Kier alpha value is -2.29. The van der Waals surface area contributed by atoms with Gasteiger partial charge in [0.15, 0.2) is 0 Å². The molecule has 2 aromatic carbocycles. The second kappa shape index (κ2) is 8.37. The van der Waals surface area contributed by atoms with Gasteiger partial charge >= 0.3 is 6.03 Å². The fourth-order valence-electron chi connectivity index (χ4n) is 2.63. The van der Waals surface area contributed by atoms with E-state index in [2.05, 4.69) is 49.6 Å². The molecule has 2 aromatic rings. The van der Waals surface area contributed by atoms with Crippen molar-refractivity contribution in [1.29, 1.82) is 0 Å². The molecular weight excluding hydrogens is 284 g/mol. The molecule has 0 aliphatic heterocycles. The molecule has 0 fully saturated rings. The lowest BCUT2D eigenvalue weighted by atomic mass is 9.97. The molecule has 0 aliphatic rings. The summed E-state index contributed by atoms with van der Waals surface area (Å²) in [4.78, 5) is 12.1. The van der Waals surface area contributed by atoms with E-state index in [1.807, 2.05) is 30.3 Å². The van der Waals surface area contributed by atoms with Crippen LogP contribution in [0.1, 0.15) is 42.9 Å². The molecule has 0 saturated carbocycles. The maximum absolute atomic E-state index is 12.1. The van der Waals surface area contributed by atoms with Gasteiger partial charge in [0.05, 0.1) is 0 Å². The quantitative estimate of drug-likeness (QED) is 0.785. The molecule has 0 saturated heterocycles. The molecule has 0 radical (unpaired) electrons. The van der Waals surface area contributed by atoms with Crippen LogP contribution >= 0.6 is 0 Å². The van der Waals surface area contributed by atoms with Crippen LogP contribution in [-0.2, 0) is 6.42 Å². The number of hydrogen-bond donors (Lipinski definition) is 2. The molecular formula is C20H26N2O. The van der Waals surface area contributed by atoms with E-state index in [-0.39, 0.29) is 6.03 Å².